The van der Waals surface area contributed by atoms with E-state index in [1.165, 1.54) is 6.42 Å². The second-order valence-electron chi connectivity index (χ2n) is 3.44. The molecule has 0 fully saturated rings. The summed E-state index contributed by atoms with van der Waals surface area (Å²) in [6, 6.07) is 0. The number of hydrogen-bond acceptors (Lipinski definition) is 2. The Bertz CT molecular complexity index is 130. The van der Waals surface area contributed by atoms with E-state index in [-0.39, 0.29) is 12.2 Å². The molecule has 0 aromatic rings. The van der Waals surface area contributed by atoms with E-state index >= 15 is 0 Å². The standard InChI is InChI=1S/C11H22O2/c1-4-5-9-13-11(3)8-6-7-10(2)12/h6,8,10-12H,4-5,7,9H2,1-3H3. The molecule has 0 aromatic carbocycles. The van der Waals surface area contributed by atoms with Crippen LogP contribution in [0, 0.1) is 0 Å². The number of unbranched alkanes of at least 4 members (excludes halogenated alkanes) is 1. The van der Waals surface area contributed by atoms with Gasteiger partial charge in [0, 0.05) is 6.61 Å². The second-order valence-corrected chi connectivity index (χ2v) is 3.44. The van der Waals surface area contributed by atoms with Gasteiger partial charge in [0.05, 0.1) is 12.2 Å². The van der Waals surface area contributed by atoms with Crippen LogP contribution in [0.4, 0.5) is 0 Å². The van der Waals surface area contributed by atoms with E-state index in [1.54, 1.807) is 6.92 Å². The average molecular weight is 186 g/mol. The molecule has 2 nitrogen and oxygen atoms in total. The van der Waals surface area contributed by atoms with E-state index in [0.29, 0.717) is 6.42 Å². The van der Waals surface area contributed by atoms with Gasteiger partial charge in [0.15, 0.2) is 0 Å². The summed E-state index contributed by atoms with van der Waals surface area (Å²) >= 11 is 0. The molecule has 13 heavy (non-hydrogen) atoms. The Morgan fingerprint density at radius 2 is 2.08 bits per heavy atom. The summed E-state index contributed by atoms with van der Waals surface area (Å²) in [7, 11) is 0. The molecule has 78 valence electrons. The van der Waals surface area contributed by atoms with Crippen LogP contribution in [0.5, 0.6) is 0 Å². The summed E-state index contributed by atoms with van der Waals surface area (Å²) in [6.07, 6.45) is 6.90. The van der Waals surface area contributed by atoms with Gasteiger partial charge in [-0.3, -0.25) is 0 Å². The molecule has 0 bridgehead atoms. The fraction of sp³-hybridized carbons (Fsp3) is 0.818. The fourth-order valence-corrected chi connectivity index (χ4v) is 0.936. The molecule has 1 N–H and O–H groups in total. The smallest absolute Gasteiger partial charge is 0.0727 e. The largest absolute Gasteiger partial charge is 0.393 e. The minimum absolute atomic E-state index is 0.172. The highest BCUT2D eigenvalue weighted by Crippen LogP contribution is 1.99. The fourth-order valence-electron chi connectivity index (χ4n) is 0.936. The zero-order valence-electron chi connectivity index (χ0n) is 8.99. The van der Waals surface area contributed by atoms with Crippen molar-refractivity contribution < 1.29 is 9.84 Å². The van der Waals surface area contributed by atoms with Crippen molar-refractivity contribution >= 4 is 0 Å². The number of aliphatic hydroxyl groups is 1. The molecule has 2 unspecified atom stereocenters. The van der Waals surface area contributed by atoms with Crippen molar-refractivity contribution in [2.75, 3.05) is 6.61 Å². The zero-order chi connectivity index (χ0) is 10.1. The van der Waals surface area contributed by atoms with Crippen LogP contribution >= 0.6 is 0 Å². The lowest BCUT2D eigenvalue weighted by Crippen LogP contribution is -2.06. The Balaban J connectivity index is 3.38. The van der Waals surface area contributed by atoms with E-state index < -0.39 is 0 Å². The van der Waals surface area contributed by atoms with Crippen LogP contribution in [0.2, 0.25) is 0 Å². The van der Waals surface area contributed by atoms with Crippen LogP contribution in [0.1, 0.15) is 40.0 Å². The van der Waals surface area contributed by atoms with Gasteiger partial charge in [0.25, 0.3) is 0 Å². The molecule has 0 aliphatic carbocycles. The van der Waals surface area contributed by atoms with Gasteiger partial charge < -0.3 is 9.84 Å². The normalized spacial score (nSPS) is 16.3. The Morgan fingerprint density at radius 1 is 1.38 bits per heavy atom. The summed E-state index contributed by atoms with van der Waals surface area (Å²) in [6.45, 7) is 6.79. The first-order valence-corrected chi connectivity index (χ1v) is 5.13. The van der Waals surface area contributed by atoms with Crippen LogP contribution < -0.4 is 0 Å². The third kappa shape index (κ3) is 9.57. The van der Waals surface area contributed by atoms with Gasteiger partial charge in [-0.25, -0.2) is 0 Å². The third-order valence-corrected chi connectivity index (χ3v) is 1.76. The Morgan fingerprint density at radius 3 is 2.62 bits per heavy atom. The van der Waals surface area contributed by atoms with Crippen molar-refractivity contribution in [1.29, 1.82) is 0 Å². The predicted octanol–water partition coefficient (Wildman–Crippen LogP) is 2.52. The maximum absolute atomic E-state index is 8.99. The van der Waals surface area contributed by atoms with Crippen molar-refractivity contribution in [2.45, 2.75) is 52.2 Å². The highest BCUT2D eigenvalue weighted by atomic mass is 16.5. The molecule has 2 atom stereocenters. The van der Waals surface area contributed by atoms with E-state index in [0.717, 1.165) is 13.0 Å². The van der Waals surface area contributed by atoms with Crippen molar-refractivity contribution in [1.82, 2.24) is 0 Å². The molecule has 0 amide bonds. The van der Waals surface area contributed by atoms with E-state index in [1.807, 2.05) is 19.1 Å². The van der Waals surface area contributed by atoms with Crippen LogP contribution in [0.15, 0.2) is 12.2 Å². The summed E-state index contributed by atoms with van der Waals surface area (Å²) in [5, 5.41) is 8.99. The monoisotopic (exact) mass is 186 g/mol. The maximum Gasteiger partial charge on any atom is 0.0727 e. The van der Waals surface area contributed by atoms with Crippen molar-refractivity contribution in [3.63, 3.8) is 0 Å². The third-order valence-electron chi connectivity index (χ3n) is 1.76. The Labute approximate surface area is 81.6 Å². The molecule has 0 aliphatic rings. The van der Waals surface area contributed by atoms with Crippen LogP contribution in [0.25, 0.3) is 0 Å². The molecule has 0 spiro atoms. The summed E-state index contributed by atoms with van der Waals surface area (Å²) in [4.78, 5) is 0. The molecular weight excluding hydrogens is 164 g/mol. The highest BCUT2D eigenvalue weighted by molar-refractivity contribution is 4.88. The second kappa shape index (κ2) is 8.27. The van der Waals surface area contributed by atoms with Crippen LogP contribution in [-0.2, 0) is 4.74 Å². The van der Waals surface area contributed by atoms with E-state index in [2.05, 4.69) is 6.92 Å². The van der Waals surface area contributed by atoms with Gasteiger partial charge >= 0.3 is 0 Å². The van der Waals surface area contributed by atoms with Crippen molar-refractivity contribution in [3.05, 3.63) is 12.2 Å². The summed E-state index contributed by atoms with van der Waals surface area (Å²) in [5.74, 6) is 0. The van der Waals surface area contributed by atoms with Gasteiger partial charge in [-0.15, -0.1) is 0 Å². The Kier molecular flexibility index (Phi) is 8.05. The van der Waals surface area contributed by atoms with Gasteiger partial charge in [0.2, 0.25) is 0 Å². The lowest BCUT2D eigenvalue weighted by Gasteiger charge is -2.07. The number of hydrogen-bond donors (Lipinski definition) is 1. The lowest BCUT2D eigenvalue weighted by molar-refractivity contribution is 0.0946. The zero-order valence-corrected chi connectivity index (χ0v) is 8.99. The van der Waals surface area contributed by atoms with Gasteiger partial charge in [-0.2, -0.15) is 0 Å². The average Bonchev–Trinajstić information content (AvgIpc) is 2.04. The molecule has 2 heteroatoms. The van der Waals surface area contributed by atoms with Gasteiger partial charge in [0.1, 0.15) is 0 Å². The van der Waals surface area contributed by atoms with Crippen molar-refractivity contribution in [3.8, 4) is 0 Å². The van der Waals surface area contributed by atoms with Crippen molar-refractivity contribution in [2.24, 2.45) is 0 Å². The molecule has 0 rings (SSSR count). The minimum atomic E-state index is -0.251. The molecular formula is C11H22O2. The van der Waals surface area contributed by atoms with Gasteiger partial charge in [-0.05, 0) is 26.7 Å². The quantitative estimate of drug-likeness (QED) is 0.489. The summed E-state index contributed by atoms with van der Waals surface area (Å²) in [5.41, 5.74) is 0. The number of rotatable bonds is 7. The molecule has 0 radical (unpaired) electrons. The number of aliphatic hydroxyl groups excluding tert-OH is 1. The summed E-state index contributed by atoms with van der Waals surface area (Å²) < 4.78 is 5.50. The number of ether oxygens (including phenoxy) is 1. The van der Waals surface area contributed by atoms with E-state index in [9.17, 15) is 0 Å². The first kappa shape index (κ1) is 12.7. The molecule has 0 saturated carbocycles. The van der Waals surface area contributed by atoms with Crippen LogP contribution in [-0.4, -0.2) is 23.9 Å². The molecule has 0 heterocycles. The predicted molar refractivity (Wildman–Crippen MR) is 55.8 cm³/mol. The topological polar surface area (TPSA) is 29.5 Å². The van der Waals surface area contributed by atoms with Crippen LogP contribution in [0.3, 0.4) is 0 Å². The first-order chi connectivity index (χ1) is 6.16. The minimum Gasteiger partial charge on any atom is -0.393 e. The lowest BCUT2D eigenvalue weighted by atomic mass is 10.2. The van der Waals surface area contributed by atoms with E-state index in [4.69, 9.17) is 9.84 Å². The Hall–Kier alpha value is -0.340. The maximum atomic E-state index is 8.99. The highest BCUT2D eigenvalue weighted by Gasteiger charge is 1.96. The van der Waals surface area contributed by atoms with Gasteiger partial charge in [-0.1, -0.05) is 25.5 Å². The SMILES string of the molecule is CCCCOC(C)C=CCC(C)O. The molecule has 0 saturated heterocycles. The molecule has 0 aromatic heterocycles. The first-order valence-electron chi connectivity index (χ1n) is 5.13. The molecule has 0 aliphatic heterocycles.